The Balaban J connectivity index is 1.97. The molecule has 0 radical (unpaired) electrons. The van der Waals surface area contributed by atoms with Gasteiger partial charge in [-0.25, -0.2) is 13.2 Å². The predicted molar refractivity (Wildman–Crippen MR) is 90.5 cm³/mol. The van der Waals surface area contributed by atoms with Crippen molar-refractivity contribution in [3.05, 3.63) is 48.5 Å². The van der Waals surface area contributed by atoms with Crippen molar-refractivity contribution >= 4 is 33.1 Å². The minimum absolute atomic E-state index is 0.415. The maximum absolute atomic E-state index is 11.9. The lowest BCUT2D eigenvalue weighted by atomic mass is 10.3. The minimum atomic E-state index is -3.32. The van der Waals surface area contributed by atoms with E-state index in [0.29, 0.717) is 22.8 Å². The van der Waals surface area contributed by atoms with E-state index in [9.17, 15) is 13.2 Å². The van der Waals surface area contributed by atoms with Crippen LogP contribution in [0.25, 0.3) is 0 Å². The van der Waals surface area contributed by atoms with Crippen molar-refractivity contribution in [3.63, 3.8) is 0 Å². The van der Waals surface area contributed by atoms with Crippen molar-refractivity contribution in [3.8, 4) is 5.75 Å². The summed E-state index contributed by atoms with van der Waals surface area (Å²) in [4.78, 5) is 11.9. The average Bonchev–Trinajstić information content (AvgIpc) is 2.48. The maximum Gasteiger partial charge on any atom is 0.323 e. The fourth-order valence-electron chi connectivity index (χ4n) is 1.83. The van der Waals surface area contributed by atoms with Gasteiger partial charge in [0, 0.05) is 23.1 Å². The lowest BCUT2D eigenvalue weighted by Gasteiger charge is -2.09. The van der Waals surface area contributed by atoms with Crippen molar-refractivity contribution in [2.24, 2.45) is 0 Å². The van der Waals surface area contributed by atoms with Gasteiger partial charge < -0.3 is 15.4 Å². The van der Waals surface area contributed by atoms with Crippen molar-refractivity contribution in [2.45, 2.75) is 0 Å². The van der Waals surface area contributed by atoms with Crippen LogP contribution in [0.5, 0.6) is 5.75 Å². The average molecular weight is 335 g/mol. The Labute approximate surface area is 134 Å². The summed E-state index contributed by atoms with van der Waals surface area (Å²) in [6.45, 7) is 0. The Morgan fingerprint density at radius 3 is 2.17 bits per heavy atom. The van der Waals surface area contributed by atoms with Gasteiger partial charge in [0.2, 0.25) is 10.0 Å². The SMILES string of the molecule is COc1cccc(NC(=O)Nc2ccc(NS(C)(=O)=O)cc2)c1. The molecule has 0 aromatic heterocycles. The molecule has 0 saturated heterocycles. The topological polar surface area (TPSA) is 96.5 Å². The fourth-order valence-corrected chi connectivity index (χ4v) is 2.39. The lowest BCUT2D eigenvalue weighted by molar-refractivity contribution is 0.262. The van der Waals surface area contributed by atoms with E-state index in [4.69, 9.17) is 4.74 Å². The molecule has 0 fully saturated rings. The van der Waals surface area contributed by atoms with E-state index in [1.807, 2.05) is 0 Å². The second-order valence-electron chi connectivity index (χ2n) is 4.76. The van der Waals surface area contributed by atoms with Gasteiger partial charge >= 0.3 is 6.03 Å². The Morgan fingerprint density at radius 1 is 0.957 bits per heavy atom. The third-order valence-electron chi connectivity index (χ3n) is 2.77. The molecule has 2 aromatic rings. The lowest BCUT2D eigenvalue weighted by Crippen LogP contribution is -2.19. The molecular formula is C15H17N3O4S. The van der Waals surface area contributed by atoms with Crippen molar-refractivity contribution in [1.29, 1.82) is 0 Å². The molecule has 0 unspecified atom stereocenters. The van der Waals surface area contributed by atoms with Gasteiger partial charge in [0.05, 0.1) is 13.4 Å². The highest BCUT2D eigenvalue weighted by atomic mass is 32.2. The summed E-state index contributed by atoms with van der Waals surface area (Å²) in [5.74, 6) is 0.638. The van der Waals surface area contributed by atoms with Gasteiger partial charge in [0.15, 0.2) is 0 Å². The number of benzene rings is 2. The summed E-state index contributed by atoms with van der Waals surface area (Å²) < 4.78 is 29.7. The molecule has 23 heavy (non-hydrogen) atoms. The second-order valence-corrected chi connectivity index (χ2v) is 6.51. The number of amides is 2. The molecule has 122 valence electrons. The largest absolute Gasteiger partial charge is 0.497 e. The summed E-state index contributed by atoms with van der Waals surface area (Å²) >= 11 is 0. The van der Waals surface area contributed by atoms with Crippen LogP contribution in [0.3, 0.4) is 0 Å². The molecule has 0 aliphatic carbocycles. The molecule has 0 saturated carbocycles. The normalized spacial score (nSPS) is 10.7. The third kappa shape index (κ3) is 5.51. The number of urea groups is 1. The van der Waals surface area contributed by atoms with Crippen molar-refractivity contribution < 1.29 is 17.9 Å². The Morgan fingerprint density at radius 2 is 1.57 bits per heavy atom. The van der Waals surface area contributed by atoms with Gasteiger partial charge in [-0.15, -0.1) is 0 Å². The van der Waals surface area contributed by atoms with Gasteiger partial charge in [-0.2, -0.15) is 0 Å². The number of nitrogens with one attached hydrogen (secondary N) is 3. The zero-order chi connectivity index (χ0) is 16.9. The van der Waals surface area contributed by atoms with Gasteiger partial charge in [0.25, 0.3) is 0 Å². The molecule has 2 aromatic carbocycles. The Bertz CT molecular complexity index is 789. The quantitative estimate of drug-likeness (QED) is 0.782. The van der Waals surface area contributed by atoms with E-state index in [2.05, 4.69) is 15.4 Å². The molecule has 0 heterocycles. The zero-order valence-electron chi connectivity index (χ0n) is 12.7. The number of hydrogen-bond acceptors (Lipinski definition) is 4. The monoisotopic (exact) mass is 335 g/mol. The highest BCUT2D eigenvalue weighted by Crippen LogP contribution is 2.18. The first-order valence-electron chi connectivity index (χ1n) is 6.65. The molecule has 3 N–H and O–H groups in total. The molecule has 0 aliphatic heterocycles. The van der Waals surface area contributed by atoms with Crippen molar-refractivity contribution in [2.75, 3.05) is 28.7 Å². The van der Waals surface area contributed by atoms with Gasteiger partial charge in [-0.3, -0.25) is 4.72 Å². The Hall–Kier alpha value is -2.74. The van der Waals surface area contributed by atoms with Crippen LogP contribution in [0.2, 0.25) is 0 Å². The molecule has 0 atom stereocenters. The van der Waals surface area contributed by atoms with E-state index in [1.54, 1.807) is 55.6 Å². The van der Waals surface area contributed by atoms with Crippen LogP contribution < -0.4 is 20.1 Å². The number of carbonyl (C=O) groups excluding carboxylic acids is 1. The minimum Gasteiger partial charge on any atom is -0.497 e. The van der Waals surface area contributed by atoms with Gasteiger partial charge in [-0.1, -0.05) is 6.07 Å². The number of ether oxygens (including phenoxy) is 1. The van der Waals surface area contributed by atoms with Crippen LogP contribution >= 0.6 is 0 Å². The predicted octanol–water partition coefficient (Wildman–Crippen LogP) is 2.71. The summed E-state index contributed by atoms with van der Waals surface area (Å²) in [5.41, 5.74) is 1.55. The van der Waals surface area contributed by atoms with E-state index in [0.717, 1.165) is 6.26 Å². The third-order valence-corrected chi connectivity index (χ3v) is 3.38. The molecule has 0 aliphatic rings. The highest BCUT2D eigenvalue weighted by Gasteiger charge is 2.05. The first kappa shape index (κ1) is 16.6. The van der Waals surface area contributed by atoms with E-state index >= 15 is 0 Å². The second kappa shape index (κ2) is 7.01. The van der Waals surface area contributed by atoms with E-state index in [1.165, 1.54) is 0 Å². The molecular weight excluding hydrogens is 318 g/mol. The van der Waals surface area contributed by atoms with Crippen LogP contribution in [0.15, 0.2) is 48.5 Å². The number of hydrogen-bond donors (Lipinski definition) is 3. The molecule has 7 nitrogen and oxygen atoms in total. The number of sulfonamides is 1. The van der Waals surface area contributed by atoms with Crippen LogP contribution in [0, 0.1) is 0 Å². The standard InChI is InChI=1S/C15H17N3O4S/c1-22-14-5-3-4-13(10-14)17-15(19)16-11-6-8-12(9-7-11)18-23(2,20)21/h3-10,18H,1-2H3,(H2,16,17,19). The number of methoxy groups -OCH3 is 1. The van der Waals surface area contributed by atoms with E-state index in [-0.39, 0.29) is 0 Å². The maximum atomic E-state index is 11.9. The molecule has 2 amide bonds. The number of rotatable bonds is 5. The van der Waals surface area contributed by atoms with Crippen LogP contribution in [-0.2, 0) is 10.0 Å². The number of carbonyl (C=O) groups is 1. The molecule has 8 heteroatoms. The number of anilines is 3. The van der Waals surface area contributed by atoms with Crippen LogP contribution in [-0.4, -0.2) is 27.8 Å². The van der Waals surface area contributed by atoms with Crippen LogP contribution in [0.1, 0.15) is 0 Å². The smallest absolute Gasteiger partial charge is 0.323 e. The molecule has 2 rings (SSSR count). The summed E-state index contributed by atoms with van der Waals surface area (Å²) in [6, 6.07) is 12.9. The molecule has 0 bridgehead atoms. The summed E-state index contributed by atoms with van der Waals surface area (Å²) in [6.07, 6.45) is 1.07. The summed E-state index contributed by atoms with van der Waals surface area (Å²) in [7, 11) is -1.78. The zero-order valence-corrected chi connectivity index (χ0v) is 13.5. The van der Waals surface area contributed by atoms with E-state index < -0.39 is 16.1 Å². The van der Waals surface area contributed by atoms with Gasteiger partial charge in [-0.05, 0) is 36.4 Å². The first-order valence-corrected chi connectivity index (χ1v) is 8.55. The van der Waals surface area contributed by atoms with Crippen LogP contribution in [0.4, 0.5) is 21.9 Å². The first-order chi connectivity index (χ1) is 10.9. The Kier molecular flexibility index (Phi) is 5.07. The van der Waals surface area contributed by atoms with Gasteiger partial charge in [0.1, 0.15) is 5.75 Å². The molecule has 0 spiro atoms. The van der Waals surface area contributed by atoms with Crippen molar-refractivity contribution in [1.82, 2.24) is 0 Å². The summed E-state index contributed by atoms with van der Waals surface area (Å²) in [5, 5.41) is 5.33. The highest BCUT2D eigenvalue weighted by molar-refractivity contribution is 7.92. The fraction of sp³-hybridized carbons (Fsp3) is 0.133.